The van der Waals surface area contributed by atoms with Crippen LogP contribution in [0, 0.1) is 21.4 Å². The van der Waals surface area contributed by atoms with Gasteiger partial charge in [-0.1, -0.05) is 0 Å². The molecule has 0 saturated carbocycles. The molecule has 0 fully saturated rings. The molecule has 5 heteroatoms. The summed E-state index contributed by atoms with van der Waals surface area (Å²) in [5, 5.41) is 18.6. The summed E-state index contributed by atoms with van der Waals surface area (Å²) in [7, 11) is 0. The molecule has 72 valence electrons. The van der Waals surface area contributed by atoms with E-state index in [1.54, 1.807) is 12.1 Å². The van der Waals surface area contributed by atoms with Crippen molar-refractivity contribution in [2.24, 2.45) is 0 Å². The Morgan fingerprint density at radius 1 is 1.43 bits per heavy atom. The Morgan fingerprint density at radius 2 is 2.07 bits per heavy atom. The zero-order valence-corrected chi connectivity index (χ0v) is 8.16. The smallest absolute Gasteiger partial charge is 0.258 e. The van der Waals surface area contributed by atoms with Crippen LogP contribution in [-0.2, 0) is 0 Å². The third-order valence-electron chi connectivity index (χ3n) is 1.53. The Kier molecular flexibility index (Phi) is 3.95. The number of nitrogens with zero attached hydrogens (tertiary/aromatic N) is 2. The van der Waals surface area contributed by atoms with Crippen LogP contribution in [0.1, 0.15) is 6.42 Å². The third kappa shape index (κ3) is 3.07. The first kappa shape index (κ1) is 10.5. The lowest BCUT2D eigenvalue weighted by Crippen LogP contribution is -1.86. The average Bonchev–Trinajstić information content (AvgIpc) is 2.19. The highest BCUT2D eigenvalue weighted by Gasteiger charge is 2.03. The van der Waals surface area contributed by atoms with Crippen molar-refractivity contribution in [2.45, 2.75) is 11.3 Å². The summed E-state index contributed by atoms with van der Waals surface area (Å²) in [6.07, 6.45) is 0.488. The van der Waals surface area contributed by atoms with E-state index >= 15 is 0 Å². The van der Waals surface area contributed by atoms with Gasteiger partial charge in [0, 0.05) is 29.2 Å². The first-order valence-electron chi connectivity index (χ1n) is 3.98. The van der Waals surface area contributed by atoms with Crippen molar-refractivity contribution in [3.8, 4) is 6.07 Å². The van der Waals surface area contributed by atoms with E-state index < -0.39 is 4.92 Å². The SMILES string of the molecule is N#CCCSc1ccc([N+](=O)[O-])cc1. The predicted octanol–water partition coefficient (Wildman–Crippen LogP) is 2.60. The molecule has 0 saturated heterocycles. The lowest BCUT2D eigenvalue weighted by atomic mass is 10.3. The highest BCUT2D eigenvalue weighted by Crippen LogP contribution is 2.21. The first-order chi connectivity index (χ1) is 6.74. The van der Waals surface area contributed by atoms with Gasteiger partial charge in [-0.3, -0.25) is 10.1 Å². The van der Waals surface area contributed by atoms with Crippen LogP contribution in [0.4, 0.5) is 5.69 Å². The Labute approximate surface area is 85.7 Å². The maximum absolute atomic E-state index is 10.3. The molecule has 4 nitrogen and oxygen atoms in total. The zero-order chi connectivity index (χ0) is 10.4. The van der Waals surface area contributed by atoms with Crippen LogP contribution in [-0.4, -0.2) is 10.7 Å². The number of nitro groups is 1. The molecule has 0 N–H and O–H groups in total. The van der Waals surface area contributed by atoms with Crippen molar-refractivity contribution in [2.75, 3.05) is 5.75 Å². The van der Waals surface area contributed by atoms with Gasteiger partial charge in [-0.15, -0.1) is 11.8 Å². The molecule has 0 radical (unpaired) electrons. The molecule has 0 aliphatic heterocycles. The third-order valence-corrected chi connectivity index (χ3v) is 2.54. The number of benzene rings is 1. The van der Waals surface area contributed by atoms with Gasteiger partial charge in [0.1, 0.15) is 0 Å². The van der Waals surface area contributed by atoms with Gasteiger partial charge in [0.25, 0.3) is 5.69 Å². The number of nitriles is 1. The second-order valence-electron chi connectivity index (χ2n) is 2.51. The molecule has 0 heterocycles. The summed E-state index contributed by atoms with van der Waals surface area (Å²) >= 11 is 1.52. The summed E-state index contributed by atoms with van der Waals surface area (Å²) < 4.78 is 0. The molecule has 1 aromatic carbocycles. The summed E-state index contributed by atoms with van der Waals surface area (Å²) in [6.45, 7) is 0. The zero-order valence-electron chi connectivity index (χ0n) is 7.34. The highest BCUT2D eigenvalue weighted by molar-refractivity contribution is 7.99. The van der Waals surface area contributed by atoms with Crippen molar-refractivity contribution in [3.05, 3.63) is 34.4 Å². The van der Waals surface area contributed by atoms with E-state index in [0.29, 0.717) is 12.2 Å². The molecule has 14 heavy (non-hydrogen) atoms. The van der Waals surface area contributed by atoms with Crippen molar-refractivity contribution < 1.29 is 4.92 Å². The second kappa shape index (κ2) is 5.25. The van der Waals surface area contributed by atoms with Gasteiger partial charge in [0.05, 0.1) is 11.0 Å². The largest absolute Gasteiger partial charge is 0.269 e. The Balaban J connectivity index is 2.56. The number of nitro benzene ring substituents is 1. The van der Waals surface area contributed by atoms with Crippen LogP contribution in [0.5, 0.6) is 0 Å². The molecule has 0 atom stereocenters. The molecule has 0 bridgehead atoms. The van der Waals surface area contributed by atoms with Gasteiger partial charge in [0.15, 0.2) is 0 Å². The summed E-state index contributed by atoms with van der Waals surface area (Å²) in [5.41, 5.74) is 0.0923. The van der Waals surface area contributed by atoms with Crippen LogP contribution in [0.25, 0.3) is 0 Å². The number of thioether (sulfide) groups is 1. The highest BCUT2D eigenvalue weighted by atomic mass is 32.2. The van der Waals surface area contributed by atoms with Crippen LogP contribution < -0.4 is 0 Å². The molecule has 1 aromatic rings. The standard InChI is InChI=1S/C9H8N2O2S/c10-6-1-7-14-9-4-2-8(3-5-9)11(12)13/h2-5H,1,7H2. The van der Waals surface area contributed by atoms with Crippen molar-refractivity contribution in [1.82, 2.24) is 0 Å². The first-order valence-corrected chi connectivity index (χ1v) is 4.97. The van der Waals surface area contributed by atoms with Crippen molar-refractivity contribution in [3.63, 3.8) is 0 Å². The van der Waals surface area contributed by atoms with E-state index in [4.69, 9.17) is 5.26 Å². The normalized spacial score (nSPS) is 9.36. The minimum atomic E-state index is -0.427. The van der Waals surface area contributed by atoms with E-state index in [9.17, 15) is 10.1 Å². The number of hydrogen-bond acceptors (Lipinski definition) is 4. The van der Waals surface area contributed by atoms with Gasteiger partial charge < -0.3 is 0 Å². The minimum absolute atomic E-state index is 0.0923. The van der Waals surface area contributed by atoms with E-state index in [2.05, 4.69) is 0 Å². The molecule has 0 aliphatic rings. The van der Waals surface area contributed by atoms with Gasteiger partial charge in [-0.2, -0.15) is 5.26 Å². The molecule has 0 aliphatic carbocycles. The van der Waals surface area contributed by atoms with Crippen LogP contribution >= 0.6 is 11.8 Å². The minimum Gasteiger partial charge on any atom is -0.258 e. The maximum atomic E-state index is 10.3. The van der Waals surface area contributed by atoms with E-state index in [1.165, 1.54) is 23.9 Å². The Bertz CT molecular complexity index is 356. The molecule has 0 unspecified atom stereocenters. The van der Waals surface area contributed by atoms with Crippen LogP contribution in [0.2, 0.25) is 0 Å². The van der Waals surface area contributed by atoms with Gasteiger partial charge in [0.2, 0.25) is 0 Å². The number of rotatable bonds is 4. The summed E-state index contributed by atoms with van der Waals surface area (Å²) in [6, 6.07) is 8.36. The molecular weight excluding hydrogens is 200 g/mol. The van der Waals surface area contributed by atoms with Crippen LogP contribution in [0.15, 0.2) is 29.2 Å². The predicted molar refractivity (Wildman–Crippen MR) is 54.1 cm³/mol. The van der Waals surface area contributed by atoms with Gasteiger partial charge in [-0.25, -0.2) is 0 Å². The fraction of sp³-hybridized carbons (Fsp3) is 0.222. The van der Waals surface area contributed by atoms with Crippen LogP contribution in [0.3, 0.4) is 0 Å². The van der Waals surface area contributed by atoms with E-state index in [-0.39, 0.29) is 5.69 Å². The summed E-state index contributed by atoms with van der Waals surface area (Å²) in [4.78, 5) is 10.9. The molecule has 1 rings (SSSR count). The number of hydrogen-bond donors (Lipinski definition) is 0. The Hall–Kier alpha value is -1.54. The monoisotopic (exact) mass is 208 g/mol. The van der Waals surface area contributed by atoms with Crippen molar-refractivity contribution in [1.29, 1.82) is 5.26 Å². The maximum Gasteiger partial charge on any atom is 0.269 e. The fourth-order valence-electron chi connectivity index (χ4n) is 0.879. The van der Waals surface area contributed by atoms with Gasteiger partial charge in [-0.05, 0) is 12.1 Å². The van der Waals surface area contributed by atoms with Gasteiger partial charge >= 0.3 is 0 Å². The van der Waals surface area contributed by atoms with E-state index in [0.717, 1.165) is 4.90 Å². The molecule has 0 aromatic heterocycles. The molecule has 0 amide bonds. The fourth-order valence-corrected chi connectivity index (χ4v) is 1.64. The quantitative estimate of drug-likeness (QED) is 0.330. The lowest BCUT2D eigenvalue weighted by Gasteiger charge is -1.97. The summed E-state index contributed by atoms with van der Waals surface area (Å²) in [5.74, 6) is 0.717. The lowest BCUT2D eigenvalue weighted by molar-refractivity contribution is -0.384. The number of non-ortho nitro benzene ring substituents is 1. The van der Waals surface area contributed by atoms with Crippen molar-refractivity contribution >= 4 is 17.4 Å². The van der Waals surface area contributed by atoms with E-state index in [1.807, 2.05) is 6.07 Å². The molecular formula is C9H8N2O2S. The molecule has 0 spiro atoms. The average molecular weight is 208 g/mol. The second-order valence-corrected chi connectivity index (χ2v) is 3.68. The topological polar surface area (TPSA) is 66.9 Å². The Morgan fingerprint density at radius 3 is 2.57 bits per heavy atom.